The molecule has 0 aliphatic rings. The van der Waals surface area contributed by atoms with Crippen LogP contribution in [0.15, 0.2) is 30.6 Å². The van der Waals surface area contributed by atoms with E-state index in [4.69, 9.17) is 15.6 Å². The Morgan fingerprint density at radius 3 is 2.53 bits per heavy atom. The lowest BCUT2D eigenvalue weighted by Gasteiger charge is -2.10. The standard InChI is InChI=1S/C13H16N4O2/c1-19-13-11(14)12(16-8-17-13)15-6-9-2-4-10(7-18)5-3-9/h2-5,8,18H,6-7,14H2,1H3,(H,15,16,17). The molecule has 4 N–H and O–H groups in total. The lowest BCUT2D eigenvalue weighted by molar-refractivity contribution is 0.282. The number of hydrogen-bond donors (Lipinski definition) is 3. The van der Waals surface area contributed by atoms with E-state index in [2.05, 4.69) is 15.3 Å². The second kappa shape index (κ2) is 6.01. The van der Waals surface area contributed by atoms with Crippen LogP contribution in [0.25, 0.3) is 0 Å². The molecule has 1 aromatic carbocycles. The number of hydrogen-bond acceptors (Lipinski definition) is 6. The molecule has 0 radical (unpaired) electrons. The highest BCUT2D eigenvalue weighted by atomic mass is 16.5. The topological polar surface area (TPSA) is 93.3 Å². The number of nitrogens with one attached hydrogen (secondary N) is 1. The summed E-state index contributed by atoms with van der Waals surface area (Å²) in [4.78, 5) is 7.98. The van der Waals surface area contributed by atoms with Gasteiger partial charge in [-0.1, -0.05) is 24.3 Å². The molecular formula is C13H16N4O2. The van der Waals surface area contributed by atoms with Crippen molar-refractivity contribution in [2.24, 2.45) is 0 Å². The van der Waals surface area contributed by atoms with Crippen molar-refractivity contribution < 1.29 is 9.84 Å². The summed E-state index contributed by atoms with van der Waals surface area (Å²) in [6, 6.07) is 7.63. The minimum Gasteiger partial charge on any atom is -0.479 e. The first kappa shape index (κ1) is 13.1. The van der Waals surface area contributed by atoms with Crippen LogP contribution in [-0.2, 0) is 13.2 Å². The molecule has 100 valence electrons. The average molecular weight is 260 g/mol. The zero-order valence-electron chi connectivity index (χ0n) is 10.6. The summed E-state index contributed by atoms with van der Waals surface area (Å²) >= 11 is 0. The number of methoxy groups -OCH3 is 1. The Morgan fingerprint density at radius 2 is 1.89 bits per heavy atom. The van der Waals surface area contributed by atoms with E-state index in [1.54, 1.807) is 0 Å². The molecule has 6 heteroatoms. The monoisotopic (exact) mass is 260 g/mol. The van der Waals surface area contributed by atoms with Gasteiger partial charge in [-0.25, -0.2) is 4.98 Å². The van der Waals surface area contributed by atoms with Crippen LogP contribution in [0.4, 0.5) is 11.5 Å². The van der Waals surface area contributed by atoms with E-state index in [1.807, 2.05) is 24.3 Å². The predicted octanol–water partition coefficient (Wildman–Crippen LogP) is 1.17. The molecule has 6 nitrogen and oxygen atoms in total. The van der Waals surface area contributed by atoms with Gasteiger partial charge in [-0.2, -0.15) is 4.98 Å². The molecule has 0 spiro atoms. The minimum absolute atomic E-state index is 0.0454. The molecule has 1 heterocycles. The van der Waals surface area contributed by atoms with Gasteiger partial charge in [0.05, 0.1) is 13.7 Å². The van der Waals surface area contributed by atoms with E-state index >= 15 is 0 Å². The number of nitrogens with two attached hydrogens (primary N) is 1. The second-order valence-electron chi connectivity index (χ2n) is 3.97. The van der Waals surface area contributed by atoms with Crippen molar-refractivity contribution in [3.63, 3.8) is 0 Å². The number of benzene rings is 1. The summed E-state index contributed by atoms with van der Waals surface area (Å²) in [6.45, 7) is 0.625. The Balaban J connectivity index is 2.05. The van der Waals surface area contributed by atoms with Gasteiger partial charge in [-0.05, 0) is 11.1 Å². The van der Waals surface area contributed by atoms with E-state index in [0.717, 1.165) is 11.1 Å². The average Bonchev–Trinajstić information content (AvgIpc) is 2.47. The van der Waals surface area contributed by atoms with Crippen LogP contribution in [-0.4, -0.2) is 22.2 Å². The van der Waals surface area contributed by atoms with Crippen LogP contribution in [0.5, 0.6) is 5.88 Å². The number of ether oxygens (including phenoxy) is 1. The van der Waals surface area contributed by atoms with Crippen LogP contribution in [0.2, 0.25) is 0 Å². The van der Waals surface area contributed by atoms with Gasteiger partial charge < -0.3 is 20.9 Å². The van der Waals surface area contributed by atoms with E-state index in [-0.39, 0.29) is 6.61 Å². The molecule has 0 saturated heterocycles. The first-order chi connectivity index (χ1) is 9.24. The van der Waals surface area contributed by atoms with Gasteiger partial charge in [-0.3, -0.25) is 0 Å². The number of nitrogens with zero attached hydrogens (tertiary/aromatic N) is 2. The Kier molecular flexibility index (Phi) is 4.15. The summed E-state index contributed by atoms with van der Waals surface area (Å²) in [5, 5.41) is 12.1. The van der Waals surface area contributed by atoms with Gasteiger partial charge in [0.1, 0.15) is 12.0 Å². The first-order valence-corrected chi connectivity index (χ1v) is 5.81. The zero-order chi connectivity index (χ0) is 13.7. The van der Waals surface area contributed by atoms with Crippen molar-refractivity contribution in [3.05, 3.63) is 41.7 Å². The first-order valence-electron chi connectivity index (χ1n) is 5.81. The van der Waals surface area contributed by atoms with Crippen molar-refractivity contribution in [1.82, 2.24) is 9.97 Å². The summed E-state index contributed by atoms with van der Waals surface area (Å²) in [5.74, 6) is 0.895. The molecule has 0 aliphatic heterocycles. The lowest BCUT2D eigenvalue weighted by atomic mass is 10.1. The minimum atomic E-state index is 0.0454. The largest absolute Gasteiger partial charge is 0.479 e. The van der Waals surface area contributed by atoms with Gasteiger partial charge >= 0.3 is 0 Å². The van der Waals surface area contributed by atoms with Crippen LogP contribution >= 0.6 is 0 Å². The maximum Gasteiger partial charge on any atom is 0.242 e. The number of nitrogen functional groups attached to an aromatic ring is 1. The highest BCUT2D eigenvalue weighted by molar-refractivity contribution is 5.66. The smallest absolute Gasteiger partial charge is 0.242 e. The summed E-state index contributed by atoms with van der Waals surface area (Å²) < 4.78 is 5.02. The van der Waals surface area contributed by atoms with Crippen molar-refractivity contribution in [2.45, 2.75) is 13.2 Å². The van der Waals surface area contributed by atoms with Crippen molar-refractivity contribution >= 4 is 11.5 Å². The van der Waals surface area contributed by atoms with Gasteiger partial charge in [0, 0.05) is 6.54 Å². The van der Waals surface area contributed by atoms with Crippen LogP contribution in [0.1, 0.15) is 11.1 Å². The van der Waals surface area contributed by atoms with E-state index in [9.17, 15) is 0 Å². The molecular weight excluding hydrogens is 244 g/mol. The summed E-state index contributed by atoms with van der Waals surface area (Å²) in [7, 11) is 1.51. The molecule has 0 amide bonds. The van der Waals surface area contributed by atoms with E-state index in [1.165, 1.54) is 13.4 Å². The Labute approximate surface area is 111 Å². The molecule has 0 aliphatic carbocycles. The molecule has 0 bridgehead atoms. The van der Waals surface area contributed by atoms with Crippen LogP contribution in [0.3, 0.4) is 0 Å². The second-order valence-corrected chi connectivity index (χ2v) is 3.97. The highest BCUT2D eigenvalue weighted by Crippen LogP contribution is 2.24. The van der Waals surface area contributed by atoms with E-state index in [0.29, 0.717) is 23.9 Å². The molecule has 0 fully saturated rings. The molecule has 2 aromatic rings. The van der Waals surface area contributed by atoms with Crippen LogP contribution < -0.4 is 15.8 Å². The molecule has 19 heavy (non-hydrogen) atoms. The van der Waals surface area contributed by atoms with Gasteiger partial charge in [0.15, 0.2) is 5.82 Å². The number of aromatic nitrogens is 2. The SMILES string of the molecule is COc1ncnc(NCc2ccc(CO)cc2)c1N. The van der Waals surface area contributed by atoms with E-state index < -0.39 is 0 Å². The third-order valence-corrected chi connectivity index (χ3v) is 2.71. The number of aliphatic hydroxyl groups is 1. The maximum atomic E-state index is 8.97. The lowest BCUT2D eigenvalue weighted by Crippen LogP contribution is -2.06. The van der Waals surface area contributed by atoms with Gasteiger partial charge in [-0.15, -0.1) is 0 Å². The number of aliphatic hydroxyl groups excluding tert-OH is 1. The van der Waals surface area contributed by atoms with Crippen LogP contribution in [0, 0.1) is 0 Å². The van der Waals surface area contributed by atoms with Crippen molar-refractivity contribution in [3.8, 4) is 5.88 Å². The predicted molar refractivity (Wildman–Crippen MR) is 72.7 cm³/mol. The Bertz CT molecular complexity index is 543. The van der Waals surface area contributed by atoms with Gasteiger partial charge in [0.2, 0.25) is 5.88 Å². The molecule has 0 unspecified atom stereocenters. The quantitative estimate of drug-likeness (QED) is 0.747. The third-order valence-electron chi connectivity index (χ3n) is 2.71. The zero-order valence-corrected chi connectivity index (χ0v) is 10.6. The highest BCUT2D eigenvalue weighted by Gasteiger charge is 2.07. The Morgan fingerprint density at radius 1 is 1.21 bits per heavy atom. The molecule has 0 saturated carbocycles. The maximum absolute atomic E-state index is 8.97. The molecule has 2 rings (SSSR count). The molecule has 0 atom stereocenters. The fraction of sp³-hybridized carbons (Fsp3) is 0.231. The summed E-state index contributed by atoms with van der Waals surface area (Å²) in [6.07, 6.45) is 1.40. The number of anilines is 2. The van der Waals surface area contributed by atoms with Crippen molar-refractivity contribution in [2.75, 3.05) is 18.2 Å². The number of rotatable bonds is 5. The fourth-order valence-corrected chi connectivity index (χ4v) is 1.63. The third kappa shape index (κ3) is 3.11. The molecule has 1 aromatic heterocycles. The summed E-state index contributed by atoms with van der Waals surface area (Å²) in [5.41, 5.74) is 8.19. The normalized spacial score (nSPS) is 10.2. The Hall–Kier alpha value is -2.34. The van der Waals surface area contributed by atoms with Crippen molar-refractivity contribution in [1.29, 1.82) is 0 Å². The fourth-order valence-electron chi connectivity index (χ4n) is 1.63. The van der Waals surface area contributed by atoms with Gasteiger partial charge in [0.25, 0.3) is 0 Å².